The normalized spacial score (nSPS) is 16.6. The van der Waals surface area contributed by atoms with Crippen LogP contribution in [0.4, 0.5) is 0 Å². The lowest BCUT2D eigenvalue weighted by Crippen LogP contribution is -2.38. The average Bonchev–Trinajstić information content (AvgIpc) is 2.62. The zero-order valence-electron chi connectivity index (χ0n) is 14.1. The molecule has 0 radical (unpaired) electrons. The van der Waals surface area contributed by atoms with E-state index in [1.807, 2.05) is 42.5 Å². The van der Waals surface area contributed by atoms with Crippen molar-refractivity contribution in [2.45, 2.75) is 25.4 Å². The number of aliphatic hydroxyl groups excluding tert-OH is 1. The molecule has 1 N–H and O–H groups in total. The lowest BCUT2D eigenvalue weighted by Gasteiger charge is -2.28. The molecule has 1 fully saturated rings. The summed E-state index contributed by atoms with van der Waals surface area (Å²) in [6.07, 6.45) is 3.29. The highest BCUT2D eigenvalue weighted by Crippen LogP contribution is 2.31. The molecular formula is C20H23BrClNO2. The summed E-state index contributed by atoms with van der Waals surface area (Å²) in [5, 5.41) is 10.9. The highest BCUT2D eigenvalue weighted by Gasteiger charge is 2.15. The van der Waals surface area contributed by atoms with Gasteiger partial charge in [-0.1, -0.05) is 36.2 Å². The quantitative estimate of drug-likeness (QED) is 0.708. The number of rotatable bonds is 6. The highest BCUT2D eigenvalue weighted by atomic mass is 79.9. The zero-order chi connectivity index (χ0) is 17.6. The molecule has 25 heavy (non-hydrogen) atoms. The second-order valence-electron chi connectivity index (χ2n) is 6.48. The van der Waals surface area contributed by atoms with Crippen molar-refractivity contribution in [1.82, 2.24) is 4.90 Å². The Morgan fingerprint density at radius 3 is 2.40 bits per heavy atom. The SMILES string of the molecule is OC(COc1ccc(-c2ccc(Cl)cc2)cc1Br)CN1CCCCC1. The first kappa shape index (κ1) is 18.7. The van der Waals surface area contributed by atoms with Gasteiger partial charge in [0, 0.05) is 11.6 Å². The van der Waals surface area contributed by atoms with Crippen LogP contribution in [0.5, 0.6) is 5.75 Å². The minimum atomic E-state index is -0.471. The fraction of sp³-hybridized carbons (Fsp3) is 0.400. The topological polar surface area (TPSA) is 32.7 Å². The van der Waals surface area contributed by atoms with E-state index >= 15 is 0 Å². The standard InChI is InChI=1S/C20H23BrClNO2/c21-19-12-16(15-4-7-17(22)8-5-15)6-9-20(19)25-14-18(24)13-23-10-2-1-3-11-23/h4-9,12,18,24H,1-3,10-11,13-14H2. The first-order valence-corrected chi connectivity index (χ1v) is 9.87. The summed E-state index contributed by atoms with van der Waals surface area (Å²) in [5.74, 6) is 0.746. The van der Waals surface area contributed by atoms with E-state index in [-0.39, 0.29) is 0 Å². The van der Waals surface area contributed by atoms with Crippen LogP contribution in [-0.2, 0) is 0 Å². The first-order valence-electron chi connectivity index (χ1n) is 8.70. The number of β-amino-alcohol motifs (C(OH)–C–C–N with tert-alkyl or cyclic N) is 1. The van der Waals surface area contributed by atoms with Gasteiger partial charge in [0.05, 0.1) is 4.47 Å². The molecule has 0 aromatic heterocycles. The highest BCUT2D eigenvalue weighted by molar-refractivity contribution is 9.10. The minimum Gasteiger partial charge on any atom is -0.490 e. The molecule has 1 aliphatic rings. The molecule has 5 heteroatoms. The van der Waals surface area contributed by atoms with Crippen LogP contribution in [0.15, 0.2) is 46.9 Å². The van der Waals surface area contributed by atoms with Crippen LogP contribution in [0.3, 0.4) is 0 Å². The van der Waals surface area contributed by atoms with Gasteiger partial charge in [-0.05, 0) is 77.3 Å². The van der Waals surface area contributed by atoms with E-state index in [2.05, 4.69) is 20.8 Å². The van der Waals surface area contributed by atoms with Crippen molar-refractivity contribution >= 4 is 27.5 Å². The van der Waals surface area contributed by atoms with Gasteiger partial charge in [0.1, 0.15) is 18.5 Å². The van der Waals surface area contributed by atoms with E-state index in [9.17, 15) is 5.11 Å². The van der Waals surface area contributed by atoms with Gasteiger partial charge >= 0.3 is 0 Å². The van der Waals surface area contributed by atoms with Gasteiger partial charge in [-0.2, -0.15) is 0 Å². The van der Waals surface area contributed by atoms with Crippen LogP contribution in [0.1, 0.15) is 19.3 Å². The summed E-state index contributed by atoms with van der Waals surface area (Å²) in [5.41, 5.74) is 2.19. The second kappa shape index (κ2) is 9.04. The molecule has 0 bridgehead atoms. The fourth-order valence-corrected chi connectivity index (χ4v) is 3.74. The minimum absolute atomic E-state index is 0.301. The van der Waals surface area contributed by atoms with Crippen molar-refractivity contribution in [2.24, 2.45) is 0 Å². The van der Waals surface area contributed by atoms with Crippen molar-refractivity contribution in [3.8, 4) is 16.9 Å². The molecule has 134 valence electrons. The summed E-state index contributed by atoms with van der Waals surface area (Å²) in [4.78, 5) is 2.32. The van der Waals surface area contributed by atoms with Crippen molar-refractivity contribution in [2.75, 3.05) is 26.2 Å². The van der Waals surface area contributed by atoms with Gasteiger partial charge in [-0.15, -0.1) is 0 Å². The number of hydrogen-bond acceptors (Lipinski definition) is 3. The summed E-state index contributed by atoms with van der Waals surface area (Å²) in [7, 11) is 0. The summed E-state index contributed by atoms with van der Waals surface area (Å²) in [6.45, 7) is 3.14. The maximum Gasteiger partial charge on any atom is 0.133 e. The predicted octanol–water partition coefficient (Wildman–Crippen LogP) is 5.00. The van der Waals surface area contributed by atoms with Crippen LogP contribution in [-0.4, -0.2) is 42.4 Å². The average molecular weight is 425 g/mol. The number of nitrogens with zero attached hydrogens (tertiary/aromatic N) is 1. The molecule has 3 nitrogen and oxygen atoms in total. The lowest BCUT2D eigenvalue weighted by atomic mass is 10.1. The third-order valence-electron chi connectivity index (χ3n) is 4.46. The van der Waals surface area contributed by atoms with Gasteiger partial charge in [-0.25, -0.2) is 0 Å². The molecule has 0 aliphatic carbocycles. The molecule has 1 saturated heterocycles. The molecule has 2 aromatic carbocycles. The van der Waals surface area contributed by atoms with E-state index in [0.717, 1.165) is 39.5 Å². The number of benzene rings is 2. The Morgan fingerprint density at radius 1 is 1.04 bits per heavy atom. The Labute approximate surface area is 162 Å². The molecule has 0 amide bonds. The Balaban J connectivity index is 1.56. The molecule has 1 aliphatic heterocycles. The number of aliphatic hydroxyl groups is 1. The number of piperidine rings is 1. The lowest BCUT2D eigenvalue weighted by molar-refractivity contribution is 0.0615. The summed E-state index contributed by atoms with van der Waals surface area (Å²) in [6, 6.07) is 13.7. The van der Waals surface area contributed by atoms with Crippen LogP contribution in [0, 0.1) is 0 Å². The largest absolute Gasteiger partial charge is 0.490 e. The molecule has 2 aromatic rings. The molecular weight excluding hydrogens is 402 g/mol. The van der Waals surface area contributed by atoms with Gasteiger partial charge in [0.25, 0.3) is 0 Å². The van der Waals surface area contributed by atoms with Crippen LogP contribution >= 0.6 is 27.5 Å². The van der Waals surface area contributed by atoms with Crippen molar-refractivity contribution in [1.29, 1.82) is 0 Å². The molecule has 3 rings (SSSR count). The second-order valence-corrected chi connectivity index (χ2v) is 7.77. The molecule has 1 unspecified atom stereocenters. The van der Waals surface area contributed by atoms with Gasteiger partial charge < -0.3 is 14.7 Å². The summed E-state index contributed by atoms with van der Waals surface area (Å²) < 4.78 is 6.69. The monoisotopic (exact) mass is 423 g/mol. The van der Waals surface area contributed by atoms with Crippen molar-refractivity contribution in [3.63, 3.8) is 0 Å². The maximum absolute atomic E-state index is 10.2. The maximum atomic E-state index is 10.2. The number of halogens is 2. The zero-order valence-corrected chi connectivity index (χ0v) is 16.5. The molecule has 1 atom stereocenters. The van der Waals surface area contributed by atoms with Gasteiger partial charge in [0.15, 0.2) is 0 Å². The van der Waals surface area contributed by atoms with Crippen molar-refractivity contribution < 1.29 is 9.84 Å². The van der Waals surface area contributed by atoms with E-state index in [0.29, 0.717) is 13.2 Å². The third-order valence-corrected chi connectivity index (χ3v) is 5.33. The number of ether oxygens (including phenoxy) is 1. The predicted molar refractivity (Wildman–Crippen MR) is 106 cm³/mol. The van der Waals surface area contributed by atoms with Gasteiger partial charge in [-0.3, -0.25) is 0 Å². The molecule has 0 saturated carbocycles. The van der Waals surface area contributed by atoms with E-state index < -0.39 is 6.10 Å². The van der Waals surface area contributed by atoms with Gasteiger partial charge in [0.2, 0.25) is 0 Å². The summed E-state index contributed by atoms with van der Waals surface area (Å²) >= 11 is 9.50. The Hall–Kier alpha value is -1.07. The third kappa shape index (κ3) is 5.45. The van der Waals surface area contributed by atoms with E-state index in [1.165, 1.54) is 19.3 Å². The van der Waals surface area contributed by atoms with Crippen LogP contribution in [0.2, 0.25) is 5.02 Å². The van der Waals surface area contributed by atoms with E-state index in [4.69, 9.17) is 16.3 Å². The van der Waals surface area contributed by atoms with Crippen LogP contribution in [0.25, 0.3) is 11.1 Å². The Kier molecular flexibility index (Phi) is 6.77. The fourth-order valence-electron chi connectivity index (χ4n) is 3.12. The Bertz CT molecular complexity index is 687. The molecule has 1 heterocycles. The first-order chi connectivity index (χ1) is 12.1. The van der Waals surface area contributed by atoms with Crippen molar-refractivity contribution in [3.05, 3.63) is 52.0 Å². The number of hydrogen-bond donors (Lipinski definition) is 1. The number of likely N-dealkylation sites (tertiary alicyclic amines) is 1. The smallest absolute Gasteiger partial charge is 0.133 e. The molecule has 0 spiro atoms. The Morgan fingerprint density at radius 2 is 1.72 bits per heavy atom. The van der Waals surface area contributed by atoms with E-state index in [1.54, 1.807) is 0 Å². The van der Waals surface area contributed by atoms with Crippen LogP contribution < -0.4 is 4.74 Å².